The molecule has 0 radical (unpaired) electrons. The van der Waals surface area contributed by atoms with E-state index in [2.05, 4.69) is 45.5 Å². The number of aromatic amines is 1. The van der Waals surface area contributed by atoms with E-state index in [1.165, 1.54) is 11.1 Å². The number of aromatic nitrogens is 3. The number of H-pyrrole nitrogens is 1. The fourth-order valence-electron chi connectivity index (χ4n) is 4.55. The lowest BCUT2D eigenvalue weighted by Gasteiger charge is -2.13. The van der Waals surface area contributed by atoms with Crippen LogP contribution in [0.2, 0.25) is 0 Å². The molecule has 35 heavy (non-hydrogen) atoms. The molecule has 6 heteroatoms. The van der Waals surface area contributed by atoms with Crippen LogP contribution in [-0.4, -0.2) is 27.4 Å². The smallest absolute Gasteiger partial charge is 0.162 e. The maximum Gasteiger partial charge on any atom is 0.162 e. The van der Waals surface area contributed by atoms with Crippen LogP contribution in [-0.2, 0) is 13.0 Å². The van der Waals surface area contributed by atoms with Gasteiger partial charge in [-0.25, -0.2) is 0 Å². The molecular weight excluding hydrogens is 438 g/mol. The zero-order valence-corrected chi connectivity index (χ0v) is 19.2. The Hall–Kier alpha value is -4.58. The predicted molar refractivity (Wildman–Crippen MR) is 134 cm³/mol. The van der Waals surface area contributed by atoms with E-state index in [1.54, 1.807) is 25.4 Å². The second kappa shape index (κ2) is 8.65. The molecular formula is C29H23N3O3. The number of aromatic hydroxyl groups is 1. The van der Waals surface area contributed by atoms with E-state index in [9.17, 15) is 5.11 Å². The molecule has 6 rings (SSSR count). The lowest BCUT2D eigenvalue weighted by atomic mass is 10.0. The van der Waals surface area contributed by atoms with Gasteiger partial charge in [-0.05, 0) is 53.1 Å². The van der Waals surface area contributed by atoms with Gasteiger partial charge in [0.2, 0.25) is 0 Å². The summed E-state index contributed by atoms with van der Waals surface area (Å²) in [5.74, 6) is 1.65. The van der Waals surface area contributed by atoms with Crippen molar-refractivity contribution in [1.29, 1.82) is 0 Å². The number of rotatable bonds is 6. The molecule has 172 valence electrons. The van der Waals surface area contributed by atoms with Gasteiger partial charge in [-0.1, -0.05) is 42.5 Å². The van der Waals surface area contributed by atoms with Crippen LogP contribution in [0.5, 0.6) is 17.2 Å². The average molecular weight is 462 g/mol. The summed E-state index contributed by atoms with van der Waals surface area (Å²) in [5, 5.41) is 17.4. The number of hydrogen-bond donors (Lipinski definition) is 2. The maximum atomic E-state index is 9.54. The zero-order valence-electron chi connectivity index (χ0n) is 19.2. The number of phenolic OH excluding ortho intramolecular Hbond substituents is 1. The molecule has 6 nitrogen and oxygen atoms in total. The Bertz CT molecular complexity index is 1490. The Morgan fingerprint density at radius 1 is 0.886 bits per heavy atom. The first-order chi connectivity index (χ1) is 17.2. The lowest BCUT2D eigenvalue weighted by molar-refractivity contribution is 0.280. The summed E-state index contributed by atoms with van der Waals surface area (Å²) in [6, 6.07) is 25.4. The van der Waals surface area contributed by atoms with Crippen molar-refractivity contribution < 1.29 is 14.6 Å². The molecule has 0 spiro atoms. The summed E-state index contributed by atoms with van der Waals surface area (Å²) >= 11 is 0. The van der Waals surface area contributed by atoms with Crippen molar-refractivity contribution in [3.63, 3.8) is 0 Å². The monoisotopic (exact) mass is 461 g/mol. The third-order valence-electron chi connectivity index (χ3n) is 6.35. The number of fused-ring (bicyclic) bond motifs is 3. The first-order valence-electron chi connectivity index (χ1n) is 11.4. The molecule has 0 bridgehead atoms. The molecule has 5 aromatic rings. The van der Waals surface area contributed by atoms with Crippen molar-refractivity contribution in [2.24, 2.45) is 0 Å². The molecule has 0 atom stereocenters. The third-order valence-corrected chi connectivity index (χ3v) is 6.35. The molecule has 0 aliphatic heterocycles. The highest BCUT2D eigenvalue weighted by Gasteiger charge is 2.27. The van der Waals surface area contributed by atoms with Crippen molar-refractivity contribution in [1.82, 2.24) is 15.2 Å². The summed E-state index contributed by atoms with van der Waals surface area (Å²) < 4.78 is 11.7. The van der Waals surface area contributed by atoms with Crippen LogP contribution >= 0.6 is 0 Å². The van der Waals surface area contributed by atoms with Gasteiger partial charge in [0.05, 0.1) is 24.2 Å². The minimum Gasteiger partial charge on any atom is -0.508 e. The fourth-order valence-corrected chi connectivity index (χ4v) is 4.55. The molecule has 1 aliphatic rings. The highest BCUT2D eigenvalue weighted by Crippen LogP contribution is 2.45. The second-order valence-electron chi connectivity index (χ2n) is 8.50. The van der Waals surface area contributed by atoms with E-state index in [1.807, 2.05) is 36.4 Å². The number of ether oxygens (including phenoxy) is 2. The van der Waals surface area contributed by atoms with Gasteiger partial charge in [-0.2, -0.15) is 5.10 Å². The Labute approximate surface area is 202 Å². The molecule has 2 aromatic heterocycles. The van der Waals surface area contributed by atoms with E-state index in [0.717, 1.165) is 45.8 Å². The van der Waals surface area contributed by atoms with Gasteiger partial charge in [0, 0.05) is 29.3 Å². The van der Waals surface area contributed by atoms with Crippen LogP contribution in [0.1, 0.15) is 16.8 Å². The summed E-state index contributed by atoms with van der Waals surface area (Å²) in [6.07, 6.45) is 2.52. The van der Waals surface area contributed by atoms with E-state index < -0.39 is 0 Å². The Kier molecular flexibility index (Phi) is 5.19. The van der Waals surface area contributed by atoms with Crippen molar-refractivity contribution in [3.8, 4) is 50.9 Å². The van der Waals surface area contributed by atoms with Crippen LogP contribution in [0.4, 0.5) is 0 Å². The van der Waals surface area contributed by atoms with E-state index >= 15 is 0 Å². The van der Waals surface area contributed by atoms with E-state index in [0.29, 0.717) is 18.1 Å². The van der Waals surface area contributed by atoms with Crippen LogP contribution in [0.25, 0.3) is 33.6 Å². The summed E-state index contributed by atoms with van der Waals surface area (Å²) in [5.41, 5.74) is 9.45. The van der Waals surface area contributed by atoms with Gasteiger partial charge >= 0.3 is 0 Å². The highest BCUT2D eigenvalue weighted by atomic mass is 16.5. The standard InChI is InChI=1S/C29H23N3O3/c1-34-26-16-24-21(15-27(26)35-17-22-4-2-3-13-30-22)14-25-28(31-32-29(24)25)20-7-5-18(6-8-20)19-9-11-23(33)12-10-19/h2-13,15-16,33H,14,17H2,1H3,(H,31,32). The van der Waals surface area contributed by atoms with Gasteiger partial charge in [0.15, 0.2) is 11.5 Å². The first kappa shape index (κ1) is 21.0. The molecule has 0 amide bonds. The first-order valence-corrected chi connectivity index (χ1v) is 11.4. The molecule has 3 aromatic carbocycles. The molecule has 0 unspecified atom stereocenters. The summed E-state index contributed by atoms with van der Waals surface area (Å²) in [6.45, 7) is 0.376. The maximum absolute atomic E-state index is 9.54. The SMILES string of the molecule is COc1cc2c(cc1OCc1ccccn1)Cc1c(-c3ccc(-c4ccc(O)cc4)cc3)n[nH]c1-2. The molecule has 2 heterocycles. The van der Waals surface area contributed by atoms with E-state index in [4.69, 9.17) is 9.47 Å². The summed E-state index contributed by atoms with van der Waals surface area (Å²) in [7, 11) is 1.65. The molecule has 0 saturated heterocycles. The number of nitrogens with zero attached hydrogens (tertiary/aromatic N) is 2. The summed E-state index contributed by atoms with van der Waals surface area (Å²) in [4.78, 5) is 4.33. The number of methoxy groups -OCH3 is 1. The molecule has 0 saturated carbocycles. The Morgan fingerprint density at radius 2 is 1.63 bits per heavy atom. The van der Waals surface area contributed by atoms with Gasteiger partial charge < -0.3 is 14.6 Å². The number of nitrogens with one attached hydrogen (secondary N) is 1. The van der Waals surface area contributed by atoms with Crippen molar-refractivity contribution >= 4 is 0 Å². The largest absolute Gasteiger partial charge is 0.508 e. The molecule has 1 aliphatic carbocycles. The second-order valence-corrected chi connectivity index (χ2v) is 8.50. The fraction of sp³-hybridized carbons (Fsp3) is 0.103. The van der Waals surface area contributed by atoms with Gasteiger partial charge in [0.25, 0.3) is 0 Å². The number of hydrogen-bond acceptors (Lipinski definition) is 5. The average Bonchev–Trinajstić information content (AvgIpc) is 3.47. The van der Waals surface area contributed by atoms with Crippen molar-refractivity contribution in [2.75, 3.05) is 7.11 Å². The quantitative estimate of drug-likeness (QED) is 0.318. The highest BCUT2D eigenvalue weighted by molar-refractivity contribution is 5.83. The number of phenols is 1. The predicted octanol–water partition coefficient (Wildman–Crippen LogP) is 6.00. The van der Waals surface area contributed by atoms with Crippen LogP contribution in [0.3, 0.4) is 0 Å². The Morgan fingerprint density at radius 3 is 2.34 bits per heavy atom. The zero-order chi connectivity index (χ0) is 23.8. The third kappa shape index (κ3) is 3.89. The van der Waals surface area contributed by atoms with Gasteiger partial charge in [-0.3, -0.25) is 10.1 Å². The molecule has 0 fully saturated rings. The minimum atomic E-state index is 0.263. The minimum absolute atomic E-state index is 0.263. The Balaban J connectivity index is 1.27. The number of pyridine rings is 1. The lowest BCUT2D eigenvalue weighted by Crippen LogP contribution is -2.00. The molecule has 2 N–H and O–H groups in total. The number of benzene rings is 3. The van der Waals surface area contributed by atoms with Crippen molar-refractivity contribution in [3.05, 3.63) is 102 Å². The van der Waals surface area contributed by atoms with Gasteiger partial charge in [-0.15, -0.1) is 0 Å². The topological polar surface area (TPSA) is 80.3 Å². The van der Waals surface area contributed by atoms with Crippen LogP contribution in [0.15, 0.2) is 85.1 Å². The van der Waals surface area contributed by atoms with Gasteiger partial charge in [0.1, 0.15) is 12.4 Å². The van der Waals surface area contributed by atoms with E-state index in [-0.39, 0.29) is 5.75 Å². The van der Waals surface area contributed by atoms with Crippen LogP contribution in [0, 0.1) is 0 Å². The van der Waals surface area contributed by atoms with Crippen LogP contribution < -0.4 is 9.47 Å². The normalized spacial score (nSPS) is 11.7. The van der Waals surface area contributed by atoms with Crippen molar-refractivity contribution in [2.45, 2.75) is 13.0 Å².